The van der Waals surface area contributed by atoms with E-state index in [9.17, 15) is 9.59 Å². The van der Waals surface area contributed by atoms with E-state index in [-0.39, 0.29) is 17.2 Å². The van der Waals surface area contributed by atoms with Gasteiger partial charge in [0.2, 0.25) is 0 Å². The largest absolute Gasteiger partial charge is 0.493 e. The van der Waals surface area contributed by atoms with Crippen LogP contribution in [0.3, 0.4) is 0 Å². The van der Waals surface area contributed by atoms with Gasteiger partial charge < -0.3 is 4.74 Å². The van der Waals surface area contributed by atoms with Gasteiger partial charge in [0.15, 0.2) is 5.16 Å². The van der Waals surface area contributed by atoms with Gasteiger partial charge in [-0.25, -0.2) is 10.4 Å². The third-order valence-corrected chi connectivity index (χ3v) is 8.32. The number of hydrogen-bond acceptors (Lipinski definition) is 7. The molecule has 1 N–H and O–H groups in total. The number of amides is 1. The average Bonchev–Trinajstić information content (AvgIpc) is 3.28. The second-order valence-corrected chi connectivity index (χ2v) is 10.8. The molecule has 2 heterocycles. The van der Waals surface area contributed by atoms with E-state index in [2.05, 4.69) is 10.5 Å². The normalized spacial score (nSPS) is 13.1. The summed E-state index contributed by atoms with van der Waals surface area (Å²) in [7, 11) is 0. The smallest absolute Gasteiger partial charge is 0.267 e. The van der Waals surface area contributed by atoms with Crippen LogP contribution in [0.2, 0.25) is 0 Å². The van der Waals surface area contributed by atoms with Gasteiger partial charge in [0.25, 0.3) is 11.5 Å². The maximum absolute atomic E-state index is 13.8. The number of benzene rings is 2. The number of aryl methyl sites for hydroxylation is 3. The van der Waals surface area contributed by atoms with E-state index >= 15 is 0 Å². The Labute approximate surface area is 223 Å². The van der Waals surface area contributed by atoms with Crippen molar-refractivity contribution in [3.8, 4) is 11.4 Å². The van der Waals surface area contributed by atoms with E-state index in [0.717, 1.165) is 58.3 Å². The first kappa shape index (κ1) is 25.2. The molecule has 1 aliphatic rings. The Morgan fingerprint density at radius 3 is 2.78 bits per heavy atom. The minimum absolute atomic E-state index is 0.0679. The molecule has 37 heavy (non-hydrogen) atoms. The van der Waals surface area contributed by atoms with Gasteiger partial charge in [0.1, 0.15) is 10.6 Å². The molecule has 0 spiro atoms. The van der Waals surface area contributed by atoms with Gasteiger partial charge in [0.05, 0.1) is 29.6 Å². The summed E-state index contributed by atoms with van der Waals surface area (Å²) in [4.78, 5) is 33.3. The Morgan fingerprint density at radius 1 is 1.19 bits per heavy atom. The summed E-state index contributed by atoms with van der Waals surface area (Å²) in [6, 6.07) is 15.3. The van der Waals surface area contributed by atoms with Crippen molar-refractivity contribution in [3.05, 3.63) is 80.5 Å². The second-order valence-electron chi connectivity index (χ2n) is 8.81. The predicted molar refractivity (Wildman–Crippen MR) is 151 cm³/mol. The molecule has 9 heteroatoms. The van der Waals surface area contributed by atoms with Crippen molar-refractivity contribution >= 4 is 45.4 Å². The fourth-order valence-electron chi connectivity index (χ4n) is 4.41. The van der Waals surface area contributed by atoms with E-state index in [1.165, 1.54) is 16.6 Å². The molecule has 0 saturated heterocycles. The zero-order chi connectivity index (χ0) is 25.8. The SMILES string of the molecule is CCOc1ccccc1/C=N\NC(=O)CSc1nc2sc3c(c2c(=O)n1-c1ccc(C)cc1)CCCC3. The van der Waals surface area contributed by atoms with E-state index in [1.807, 2.05) is 62.4 Å². The van der Waals surface area contributed by atoms with Gasteiger partial charge in [-0.2, -0.15) is 5.10 Å². The Hall–Kier alpha value is -3.43. The molecular formula is C28H28N4O3S2. The first-order valence-corrected chi connectivity index (χ1v) is 14.2. The van der Waals surface area contributed by atoms with Gasteiger partial charge in [0, 0.05) is 10.4 Å². The number of thioether (sulfide) groups is 1. The molecule has 1 aliphatic carbocycles. The van der Waals surface area contributed by atoms with Crippen molar-refractivity contribution in [3.63, 3.8) is 0 Å². The number of hydrogen-bond donors (Lipinski definition) is 1. The van der Waals surface area contributed by atoms with Gasteiger partial charge in [-0.05, 0) is 69.4 Å². The number of rotatable bonds is 8. The number of carbonyl (C=O) groups excluding carboxylic acids is 1. The summed E-state index contributed by atoms with van der Waals surface area (Å²) >= 11 is 2.85. The summed E-state index contributed by atoms with van der Waals surface area (Å²) in [6.45, 7) is 4.47. The van der Waals surface area contributed by atoms with Crippen molar-refractivity contribution in [2.75, 3.05) is 12.4 Å². The molecule has 7 nitrogen and oxygen atoms in total. The fraction of sp³-hybridized carbons (Fsp3) is 0.286. The lowest BCUT2D eigenvalue weighted by molar-refractivity contribution is -0.118. The summed E-state index contributed by atoms with van der Waals surface area (Å²) < 4.78 is 7.23. The molecule has 4 aromatic rings. The Morgan fingerprint density at radius 2 is 1.97 bits per heavy atom. The highest BCUT2D eigenvalue weighted by Gasteiger charge is 2.23. The number of aromatic nitrogens is 2. The molecule has 0 bridgehead atoms. The third kappa shape index (κ3) is 5.47. The van der Waals surface area contributed by atoms with Crippen molar-refractivity contribution in [1.82, 2.24) is 15.0 Å². The first-order valence-electron chi connectivity index (χ1n) is 12.4. The lowest BCUT2D eigenvalue weighted by Crippen LogP contribution is -2.24. The monoisotopic (exact) mass is 532 g/mol. The summed E-state index contributed by atoms with van der Waals surface area (Å²) in [5.41, 5.74) is 6.29. The van der Waals surface area contributed by atoms with Crippen LogP contribution in [0, 0.1) is 6.92 Å². The molecule has 0 atom stereocenters. The quantitative estimate of drug-likeness (QED) is 0.145. The molecule has 2 aromatic carbocycles. The predicted octanol–water partition coefficient (Wildman–Crippen LogP) is 5.28. The minimum Gasteiger partial charge on any atom is -0.493 e. The zero-order valence-corrected chi connectivity index (χ0v) is 22.5. The van der Waals surface area contributed by atoms with Crippen LogP contribution in [0.1, 0.15) is 41.3 Å². The van der Waals surface area contributed by atoms with E-state index < -0.39 is 0 Å². The topological polar surface area (TPSA) is 85.6 Å². The first-order chi connectivity index (χ1) is 18.0. The van der Waals surface area contributed by atoms with Crippen molar-refractivity contribution in [1.29, 1.82) is 0 Å². The van der Waals surface area contributed by atoms with E-state index in [0.29, 0.717) is 17.5 Å². The van der Waals surface area contributed by atoms with Gasteiger partial charge in [-0.3, -0.25) is 14.2 Å². The fourth-order valence-corrected chi connectivity index (χ4v) is 6.52. The molecule has 0 fully saturated rings. The lowest BCUT2D eigenvalue weighted by atomic mass is 9.97. The molecule has 0 saturated carbocycles. The van der Waals surface area contributed by atoms with Crippen LogP contribution in [-0.2, 0) is 17.6 Å². The summed E-state index contributed by atoms with van der Waals surface area (Å²) in [5.74, 6) is 0.486. The Balaban J connectivity index is 1.40. The summed E-state index contributed by atoms with van der Waals surface area (Å²) in [6.07, 6.45) is 5.71. The van der Waals surface area contributed by atoms with Crippen molar-refractivity contribution in [2.24, 2.45) is 5.10 Å². The van der Waals surface area contributed by atoms with Crippen molar-refractivity contribution in [2.45, 2.75) is 44.7 Å². The Bertz CT molecular complexity index is 1520. The molecule has 0 unspecified atom stereocenters. The van der Waals surface area contributed by atoms with Crippen LogP contribution in [0.5, 0.6) is 5.75 Å². The molecule has 190 valence electrons. The van der Waals surface area contributed by atoms with Gasteiger partial charge in [-0.15, -0.1) is 11.3 Å². The van der Waals surface area contributed by atoms with Crippen LogP contribution in [0.15, 0.2) is 63.6 Å². The third-order valence-electron chi connectivity index (χ3n) is 6.19. The van der Waals surface area contributed by atoms with Gasteiger partial charge >= 0.3 is 0 Å². The lowest BCUT2D eigenvalue weighted by Gasteiger charge is -2.13. The van der Waals surface area contributed by atoms with Crippen LogP contribution in [0.25, 0.3) is 15.9 Å². The molecule has 2 aromatic heterocycles. The van der Waals surface area contributed by atoms with Crippen LogP contribution >= 0.6 is 23.1 Å². The van der Waals surface area contributed by atoms with Crippen molar-refractivity contribution < 1.29 is 9.53 Å². The Kier molecular flexibility index (Phi) is 7.71. The van der Waals surface area contributed by atoms with Crippen LogP contribution < -0.4 is 15.7 Å². The van der Waals surface area contributed by atoms with Crippen LogP contribution in [0.4, 0.5) is 0 Å². The maximum Gasteiger partial charge on any atom is 0.267 e. The number of hydrazone groups is 1. The molecular weight excluding hydrogens is 504 g/mol. The number of nitrogens with one attached hydrogen (secondary N) is 1. The molecule has 0 radical (unpaired) electrons. The average molecular weight is 533 g/mol. The number of thiophene rings is 1. The van der Waals surface area contributed by atoms with Gasteiger partial charge in [-0.1, -0.05) is 41.6 Å². The second kappa shape index (κ2) is 11.3. The van der Waals surface area contributed by atoms with E-state index in [1.54, 1.807) is 22.1 Å². The number of nitrogens with zero attached hydrogens (tertiary/aromatic N) is 3. The highest BCUT2D eigenvalue weighted by Crippen LogP contribution is 2.35. The number of para-hydroxylation sites is 1. The maximum atomic E-state index is 13.8. The number of fused-ring (bicyclic) bond motifs is 3. The zero-order valence-electron chi connectivity index (χ0n) is 20.8. The minimum atomic E-state index is -0.287. The highest BCUT2D eigenvalue weighted by atomic mass is 32.2. The molecule has 5 rings (SSSR count). The molecule has 0 aliphatic heterocycles. The number of carbonyl (C=O) groups is 1. The standard InChI is InChI=1S/C28H28N4O3S2/c1-3-35-22-10-6-4-8-19(22)16-29-31-24(33)17-36-28-30-26-25(21-9-5-7-11-23(21)37-26)27(34)32(28)20-14-12-18(2)13-15-20/h4,6,8,10,12-16H,3,5,7,9,11,17H2,1-2H3,(H,31,33)/b29-16-. The highest BCUT2D eigenvalue weighted by molar-refractivity contribution is 7.99. The number of ether oxygens (including phenoxy) is 1. The van der Waals surface area contributed by atoms with Crippen LogP contribution in [-0.4, -0.2) is 34.0 Å². The van der Waals surface area contributed by atoms with E-state index in [4.69, 9.17) is 9.72 Å². The molecule has 1 amide bonds. The summed E-state index contributed by atoms with van der Waals surface area (Å²) in [5, 5.41) is 5.32.